The number of nitrogens with one attached hydrogen (secondary N) is 1. The van der Waals surface area contributed by atoms with E-state index in [9.17, 15) is 0 Å². The van der Waals surface area contributed by atoms with E-state index in [1.54, 1.807) is 11.3 Å². The Balaban J connectivity index is 2.16. The lowest BCUT2D eigenvalue weighted by Gasteiger charge is -2.24. The smallest absolute Gasteiger partial charge is 0.0771 e. The molecule has 1 N–H and O–H groups in total. The van der Waals surface area contributed by atoms with Crippen LogP contribution in [0.4, 0.5) is 0 Å². The monoisotopic (exact) mass is 381 g/mol. The van der Waals surface area contributed by atoms with Crippen molar-refractivity contribution in [3.8, 4) is 0 Å². The van der Waals surface area contributed by atoms with Gasteiger partial charge in [0.1, 0.15) is 0 Å². The Labute approximate surface area is 123 Å². The lowest BCUT2D eigenvalue weighted by Crippen LogP contribution is -2.32. The molecule has 1 aromatic rings. The maximum absolute atomic E-state index is 5.84. The molecule has 0 bridgehead atoms. The van der Waals surface area contributed by atoms with Crippen LogP contribution in [0.25, 0.3) is 0 Å². The van der Waals surface area contributed by atoms with E-state index in [4.69, 9.17) is 4.74 Å². The van der Waals surface area contributed by atoms with Crippen LogP contribution in [-0.4, -0.2) is 19.3 Å². The lowest BCUT2D eigenvalue weighted by atomic mass is 10.0. The molecule has 0 aromatic carbocycles. The van der Waals surface area contributed by atoms with Gasteiger partial charge in [0.2, 0.25) is 0 Å². The standard InChI is InChI=1S/C12H17Br2NOS/c1-2-5-15-11(9-4-3-6-16-9)8-7-10(13)17-12(8)14/h7,9,11,15H,2-6H2,1H3. The Hall–Kier alpha value is 0.580. The zero-order valence-electron chi connectivity index (χ0n) is 9.84. The van der Waals surface area contributed by atoms with Crippen molar-refractivity contribution < 1.29 is 4.74 Å². The summed E-state index contributed by atoms with van der Waals surface area (Å²) in [7, 11) is 0. The fraction of sp³-hybridized carbons (Fsp3) is 0.667. The quantitative estimate of drug-likeness (QED) is 0.809. The molecule has 1 saturated heterocycles. The molecule has 1 aliphatic heterocycles. The molecule has 0 amide bonds. The van der Waals surface area contributed by atoms with Crippen molar-refractivity contribution in [2.24, 2.45) is 0 Å². The van der Waals surface area contributed by atoms with Gasteiger partial charge in [0.05, 0.1) is 19.7 Å². The van der Waals surface area contributed by atoms with Crippen LogP contribution in [0.2, 0.25) is 0 Å². The molecule has 17 heavy (non-hydrogen) atoms. The van der Waals surface area contributed by atoms with Crippen molar-refractivity contribution in [1.82, 2.24) is 5.32 Å². The van der Waals surface area contributed by atoms with Crippen LogP contribution in [0.15, 0.2) is 13.6 Å². The third kappa shape index (κ3) is 3.53. The fourth-order valence-electron chi connectivity index (χ4n) is 2.17. The average molecular weight is 383 g/mol. The normalized spacial score (nSPS) is 21.9. The van der Waals surface area contributed by atoms with Crippen molar-refractivity contribution in [3.63, 3.8) is 0 Å². The molecule has 0 spiro atoms. The zero-order valence-corrected chi connectivity index (χ0v) is 13.8. The summed E-state index contributed by atoms with van der Waals surface area (Å²) in [5.74, 6) is 0. The molecule has 5 heteroatoms. The number of hydrogen-bond acceptors (Lipinski definition) is 3. The van der Waals surface area contributed by atoms with Crippen LogP contribution in [0, 0.1) is 0 Å². The molecular formula is C12H17Br2NOS. The highest BCUT2D eigenvalue weighted by Crippen LogP contribution is 2.38. The highest BCUT2D eigenvalue weighted by Gasteiger charge is 2.29. The minimum Gasteiger partial charge on any atom is -0.376 e. The summed E-state index contributed by atoms with van der Waals surface area (Å²) in [6.07, 6.45) is 3.80. The Bertz CT molecular complexity index is 363. The van der Waals surface area contributed by atoms with E-state index in [1.807, 2.05) is 0 Å². The summed E-state index contributed by atoms with van der Waals surface area (Å²) in [6.45, 7) is 4.13. The molecule has 2 rings (SSSR count). The van der Waals surface area contributed by atoms with E-state index in [-0.39, 0.29) is 0 Å². The minimum absolute atomic E-state index is 0.314. The lowest BCUT2D eigenvalue weighted by molar-refractivity contribution is 0.0782. The second kappa shape index (κ2) is 6.66. The molecule has 2 atom stereocenters. The maximum atomic E-state index is 5.84. The van der Waals surface area contributed by atoms with Gasteiger partial charge >= 0.3 is 0 Å². The summed E-state index contributed by atoms with van der Waals surface area (Å²) in [4.78, 5) is 0. The summed E-state index contributed by atoms with van der Waals surface area (Å²) >= 11 is 8.93. The molecule has 96 valence electrons. The van der Waals surface area contributed by atoms with Crippen molar-refractivity contribution in [1.29, 1.82) is 0 Å². The van der Waals surface area contributed by atoms with E-state index in [1.165, 1.54) is 19.6 Å². The number of halogens is 2. The Morgan fingerprint density at radius 1 is 1.59 bits per heavy atom. The largest absolute Gasteiger partial charge is 0.376 e. The fourth-order valence-corrected chi connectivity index (χ4v) is 5.10. The highest BCUT2D eigenvalue weighted by atomic mass is 79.9. The number of rotatable bonds is 5. The predicted molar refractivity (Wildman–Crippen MR) is 79.7 cm³/mol. The first kappa shape index (κ1) is 14.0. The van der Waals surface area contributed by atoms with Gasteiger partial charge in [0.25, 0.3) is 0 Å². The number of ether oxygens (including phenoxy) is 1. The van der Waals surface area contributed by atoms with Crippen LogP contribution in [-0.2, 0) is 4.74 Å². The second-order valence-corrected chi connectivity index (χ2v) is 8.01. The molecule has 1 fully saturated rings. The molecule has 2 nitrogen and oxygen atoms in total. The number of thiophene rings is 1. The van der Waals surface area contributed by atoms with Crippen LogP contribution in [0.1, 0.15) is 37.8 Å². The van der Waals surface area contributed by atoms with Crippen molar-refractivity contribution in [3.05, 3.63) is 19.2 Å². The second-order valence-electron chi connectivity index (χ2n) is 4.26. The predicted octanol–water partition coefficient (Wildman–Crippen LogP) is 4.49. The summed E-state index contributed by atoms with van der Waals surface area (Å²) in [5.41, 5.74) is 1.32. The van der Waals surface area contributed by atoms with Crippen LogP contribution < -0.4 is 5.32 Å². The minimum atomic E-state index is 0.314. The Kier molecular flexibility index (Phi) is 5.49. The first-order valence-corrected chi connectivity index (χ1v) is 8.42. The van der Waals surface area contributed by atoms with Gasteiger partial charge in [0, 0.05) is 6.61 Å². The van der Waals surface area contributed by atoms with Gasteiger partial charge in [-0.25, -0.2) is 0 Å². The topological polar surface area (TPSA) is 21.3 Å². The summed E-state index contributed by atoms with van der Waals surface area (Å²) in [6, 6.07) is 2.51. The number of hydrogen-bond donors (Lipinski definition) is 1. The molecule has 2 unspecified atom stereocenters. The Morgan fingerprint density at radius 2 is 2.41 bits per heavy atom. The molecule has 1 aliphatic rings. The maximum Gasteiger partial charge on any atom is 0.0771 e. The third-order valence-corrected chi connectivity index (χ3v) is 5.35. The summed E-state index contributed by atoms with van der Waals surface area (Å²) in [5, 5.41) is 3.61. The zero-order chi connectivity index (χ0) is 12.3. The first-order chi connectivity index (χ1) is 8.22. The molecule has 0 saturated carbocycles. The molecular weight excluding hydrogens is 366 g/mol. The van der Waals surface area contributed by atoms with Gasteiger partial charge < -0.3 is 10.1 Å². The van der Waals surface area contributed by atoms with E-state index in [0.717, 1.165) is 26.0 Å². The van der Waals surface area contributed by atoms with Crippen LogP contribution in [0.5, 0.6) is 0 Å². The van der Waals surface area contributed by atoms with Gasteiger partial charge in [-0.3, -0.25) is 0 Å². The van der Waals surface area contributed by atoms with Gasteiger partial charge in [-0.2, -0.15) is 0 Å². The first-order valence-electron chi connectivity index (χ1n) is 6.02. The van der Waals surface area contributed by atoms with Gasteiger partial charge in [-0.15, -0.1) is 11.3 Å². The molecule has 2 heterocycles. The molecule has 0 aliphatic carbocycles. The third-order valence-electron chi connectivity index (χ3n) is 2.97. The van der Waals surface area contributed by atoms with Gasteiger partial charge in [-0.05, 0) is 69.3 Å². The Morgan fingerprint density at radius 3 is 2.94 bits per heavy atom. The van der Waals surface area contributed by atoms with Crippen molar-refractivity contribution in [2.45, 2.75) is 38.3 Å². The van der Waals surface area contributed by atoms with E-state index in [0.29, 0.717) is 12.1 Å². The van der Waals surface area contributed by atoms with Crippen LogP contribution >= 0.6 is 43.2 Å². The van der Waals surface area contributed by atoms with E-state index >= 15 is 0 Å². The van der Waals surface area contributed by atoms with Crippen molar-refractivity contribution in [2.75, 3.05) is 13.2 Å². The van der Waals surface area contributed by atoms with E-state index < -0.39 is 0 Å². The van der Waals surface area contributed by atoms with Gasteiger partial charge in [0.15, 0.2) is 0 Å². The SMILES string of the molecule is CCCNC(c1cc(Br)sc1Br)C1CCCO1. The van der Waals surface area contributed by atoms with Crippen molar-refractivity contribution >= 4 is 43.2 Å². The molecule has 0 radical (unpaired) electrons. The summed E-state index contributed by atoms with van der Waals surface area (Å²) < 4.78 is 8.21. The average Bonchev–Trinajstić information content (AvgIpc) is 2.90. The molecule has 1 aromatic heterocycles. The van der Waals surface area contributed by atoms with Gasteiger partial charge in [-0.1, -0.05) is 6.92 Å². The van der Waals surface area contributed by atoms with E-state index in [2.05, 4.69) is 50.2 Å². The highest BCUT2D eigenvalue weighted by molar-refractivity contribution is 9.12. The van der Waals surface area contributed by atoms with Crippen LogP contribution in [0.3, 0.4) is 0 Å².